The highest BCUT2D eigenvalue weighted by atomic mass is 16.5. The first-order valence-electron chi connectivity index (χ1n) is 18.9. The molecule has 1 aliphatic heterocycles. The van der Waals surface area contributed by atoms with E-state index in [4.69, 9.17) is 19.6 Å². The number of ether oxygens (including phenoxy) is 2. The third-order valence-corrected chi connectivity index (χ3v) is 10.2. The van der Waals surface area contributed by atoms with Crippen LogP contribution in [0.1, 0.15) is 71.7 Å². The van der Waals surface area contributed by atoms with Crippen LogP contribution < -0.4 is 10.7 Å². The molecular weight excluding hydrogens is 702 g/mol. The minimum absolute atomic E-state index is 0.0294. The van der Waals surface area contributed by atoms with E-state index in [-0.39, 0.29) is 31.1 Å². The van der Waals surface area contributed by atoms with E-state index in [0.717, 1.165) is 51.8 Å². The fourth-order valence-corrected chi connectivity index (χ4v) is 7.45. The number of aromatic nitrogens is 5. The SMILES string of the molecule is CCn1c(-c2cccnc2C(C)OC)c(CC(C)(C)COC=O)c2cc(-c3ncn(CC(NC(=O)C(C(C)C)N(C)C=O)C(=O)N4CCCCN4)n3)ccc21. The van der Waals surface area contributed by atoms with Crippen LogP contribution in [0.3, 0.4) is 0 Å². The van der Waals surface area contributed by atoms with Gasteiger partial charge < -0.3 is 24.3 Å². The second kappa shape index (κ2) is 18.0. The monoisotopic (exact) mass is 757 g/mol. The van der Waals surface area contributed by atoms with Gasteiger partial charge in [0.15, 0.2) is 5.82 Å². The minimum atomic E-state index is -0.969. The van der Waals surface area contributed by atoms with Crippen LogP contribution in [0.5, 0.6) is 0 Å². The van der Waals surface area contributed by atoms with E-state index >= 15 is 0 Å². The molecule has 3 unspecified atom stereocenters. The lowest BCUT2D eigenvalue weighted by Crippen LogP contribution is -2.59. The number of rotatable bonds is 18. The normalized spacial score (nSPS) is 15.1. The van der Waals surface area contributed by atoms with E-state index in [1.807, 2.05) is 32.9 Å². The number of amides is 3. The first-order chi connectivity index (χ1) is 26.3. The van der Waals surface area contributed by atoms with Gasteiger partial charge in [-0.15, -0.1) is 0 Å². The quantitative estimate of drug-likeness (QED) is 0.141. The van der Waals surface area contributed by atoms with Crippen molar-refractivity contribution in [2.24, 2.45) is 11.3 Å². The van der Waals surface area contributed by atoms with Crippen LogP contribution in [0, 0.1) is 11.3 Å². The molecule has 3 atom stereocenters. The average Bonchev–Trinajstić information content (AvgIpc) is 3.77. The molecule has 3 aromatic heterocycles. The molecule has 0 radical (unpaired) electrons. The van der Waals surface area contributed by atoms with Gasteiger partial charge in [0.05, 0.1) is 30.6 Å². The van der Waals surface area contributed by atoms with Gasteiger partial charge in [-0.05, 0) is 74.9 Å². The van der Waals surface area contributed by atoms with Crippen molar-refractivity contribution in [1.29, 1.82) is 0 Å². The molecule has 2 N–H and O–H groups in total. The lowest BCUT2D eigenvalue weighted by Gasteiger charge is -2.33. The number of pyridine rings is 1. The molecule has 5 rings (SSSR count). The number of hydrogen-bond acceptors (Lipinski definition) is 10. The number of methoxy groups -OCH3 is 1. The molecule has 15 nitrogen and oxygen atoms in total. The van der Waals surface area contributed by atoms with Crippen molar-refractivity contribution in [3.05, 3.63) is 54.1 Å². The first kappa shape index (κ1) is 41.0. The largest absolute Gasteiger partial charge is 0.467 e. The average molecular weight is 758 g/mol. The fraction of sp³-hybridized carbons (Fsp3) is 0.525. The van der Waals surface area contributed by atoms with Crippen molar-refractivity contribution >= 4 is 35.6 Å². The minimum Gasteiger partial charge on any atom is -0.467 e. The number of benzene rings is 1. The molecule has 0 aliphatic carbocycles. The highest BCUT2D eigenvalue weighted by Gasteiger charge is 2.33. The molecule has 1 saturated heterocycles. The maximum Gasteiger partial charge on any atom is 0.293 e. The van der Waals surface area contributed by atoms with Crippen LogP contribution in [-0.4, -0.2) is 105 Å². The second-order valence-electron chi connectivity index (χ2n) is 15.3. The molecule has 0 saturated carbocycles. The fourth-order valence-electron chi connectivity index (χ4n) is 7.45. The van der Waals surface area contributed by atoms with Gasteiger partial charge in [-0.1, -0.05) is 27.7 Å². The summed E-state index contributed by atoms with van der Waals surface area (Å²) in [6.45, 7) is 14.5. The summed E-state index contributed by atoms with van der Waals surface area (Å²) in [6, 6.07) is 8.39. The van der Waals surface area contributed by atoms with Crippen LogP contribution in [-0.2, 0) is 48.2 Å². The van der Waals surface area contributed by atoms with Crippen LogP contribution in [0.15, 0.2) is 42.9 Å². The smallest absolute Gasteiger partial charge is 0.293 e. The lowest BCUT2D eigenvalue weighted by atomic mass is 9.84. The third kappa shape index (κ3) is 9.22. The summed E-state index contributed by atoms with van der Waals surface area (Å²) in [5, 5.41) is 10.3. The van der Waals surface area contributed by atoms with Crippen molar-refractivity contribution in [3.63, 3.8) is 0 Å². The Morgan fingerprint density at radius 1 is 1.13 bits per heavy atom. The van der Waals surface area contributed by atoms with Gasteiger partial charge in [-0.25, -0.2) is 15.1 Å². The molecule has 4 heterocycles. The zero-order valence-electron chi connectivity index (χ0n) is 33.2. The summed E-state index contributed by atoms with van der Waals surface area (Å²) in [5.74, 6) is -0.449. The van der Waals surface area contributed by atoms with E-state index in [1.165, 1.54) is 4.90 Å². The summed E-state index contributed by atoms with van der Waals surface area (Å²) in [4.78, 5) is 61.0. The maximum absolute atomic E-state index is 13.8. The molecule has 4 aromatic rings. The molecule has 1 aromatic carbocycles. The van der Waals surface area contributed by atoms with Gasteiger partial charge in [0.25, 0.3) is 12.4 Å². The van der Waals surface area contributed by atoms with E-state index in [0.29, 0.717) is 44.8 Å². The number of likely N-dealkylation sites (N-methyl/N-ethyl adjacent to an activating group) is 1. The number of nitrogens with one attached hydrogen (secondary N) is 2. The number of fused-ring (bicyclic) bond motifs is 1. The van der Waals surface area contributed by atoms with Crippen LogP contribution in [0.25, 0.3) is 33.5 Å². The Morgan fingerprint density at radius 3 is 2.56 bits per heavy atom. The topological polar surface area (TPSA) is 166 Å². The standard InChI is InChI=1S/C40H55N9O6/c1-9-48-33-15-14-28(19-30(33)31(20-40(5,6)22-55-25-51)36(48)29-13-12-16-41-34(29)27(4)54-8)37-42-23-47(45-37)21-32(39(53)49-18-11-10-17-43-49)44-38(52)35(26(2)3)46(7)24-50/h12-16,19,23-27,32,35,43H,9-11,17-18,20-22H2,1-8H3,(H,44,52). The summed E-state index contributed by atoms with van der Waals surface area (Å²) in [6.07, 6.45) is 6.07. The van der Waals surface area contributed by atoms with E-state index in [1.54, 1.807) is 36.4 Å². The van der Waals surface area contributed by atoms with E-state index in [2.05, 4.69) is 59.3 Å². The van der Waals surface area contributed by atoms with Gasteiger partial charge in [0.2, 0.25) is 12.3 Å². The molecule has 0 spiro atoms. The Hall–Kier alpha value is -5.15. The van der Waals surface area contributed by atoms with Crippen molar-refractivity contribution in [3.8, 4) is 22.6 Å². The zero-order chi connectivity index (χ0) is 39.9. The Balaban J connectivity index is 1.56. The molecule has 3 amide bonds. The Kier molecular flexibility index (Phi) is 13.4. The molecule has 1 aliphatic rings. The van der Waals surface area contributed by atoms with Crippen molar-refractivity contribution < 1.29 is 28.7 Å². The van der Waals surface area contributed by atoms with E-state index in [9.17, 15) is 19.2 Å². The number of aryl methyl sites for hydroxylation is 1. The van der Waals surface area contributed by atoms with Gasteiger partial charge in [0, 0.05) is 67.4 Å². The molecule has 55 heavy (non-hydrogen) atoms. The van der Waals surface area contributed by atoms with Crippen molar-refractivity contribution in [1.82, 2.24) is 45.0 Å². The van der Waals surface area contributed by atoms with Gasteiger partial charge in [-0.2, -0.15) is 5.10 Å². The highest BCUT2D eigenvalue weighted by molar-refractivity contribution is 5.95. The predicted octanol–water partition coefficient (Wildman–Crippen LogP) is 4.16. The van der Waals surface area contributed by atoms with E-state index < -0.39 is 23.4 Å². The van der Waals surface area contributed by atoms with Gasteiger partial charge in [0.1, 0.15) is 18.4 Å². The zero-order valence-corrected chi connectivity index (χ0v) is 33.2. The summed E-state index contributed by atoms with van der Waals surface area (Å²) >= 11 is 0. The summed E-state index contributed by atoms with van der Waals surface area (Å²) < 4.78 is 14.9. The Morgan fingerprint density at radius 2 is 1.91 bits per heavy atom. The lowest BCUT2D eigenvalue weighted by molar-refractivity contribution is -0.142. The summed E-state index contributed by atoms with van der Waals surface area (Å²) in [5.41, 5.74) is 8.39. The third-order valence-electron chi connectivity index (χ3n) is 10.2. The molecule has 15 heteroatoms. The number of carbonyl (C=O) groups excluding carboxylic acids is 4. The van der Waals surface area contributed by atoms with Gasteiger partial charge in [-0.3, -0.25) is 29.2 Å². The first-order valence-corrected chi connectivity index (χ1v) is 18.9. The number of hydrogen-bond donors (Lipinski definition) is 2. The number of carbonyl (C=O) groups is 4. The van der Waals surface area contributed by atoms with Crippen LogP contribution >= 0.6 is 0 Å². The molecular formula is C40H55N9O6. The second-order valence-corrected chi connectivity index (χ2v) is 15.3. The van der Waals surface area contributed by atoms with Gasteiger partial charge >= 0.3 is 0 Å². The molecule has 296 valence electrons. The highest BCUT2D eigenvalue weighted by Crippen LogP contribution is 2.41. The maximum atomic E-state index is 13.8. The summed E-state index contributed by atoms with van der Waals surface area (Å²) in [7, 11) is 3.22. The van der Waals surface area contributed by atoms with Crippen molar-refractivity contribution in [2.45, 2.75) is 92.1 Å². The van der Waals surface area contributed by atoms with Crippen LogP contribution in [0.2, 0.25) is 0 Å². The number of nitrogens with zero attached hydrogens (tertiary/aromatic N) is 7. The number of hydrazine groups is 1. The predicted molar refractivity (Wildman–Crippen MR) is 208 cm³/mol. The molecule has 0 bridgehead atoms. The van der Waals surface area contributed by atoms with Crippen molar-refractivity contribution in [2.75, 3.05) is 33.9 Å². The molecule has 1 fully saturated rings. The Labute approximate surface area is 322 Å². The Bertz CT molecular complexity index is 1970. The van der Waals surface area contributed by atoms with Crippen LogP contribution in [0.4, 0.5) is 0 Å².